The second kappa shape index (κ2) is 6.99. The molecule has 3 nitrogen and oxygen atoms in total. The molecule has 0 atom stereocenters. The van der Waals surface area contributed by atoms with Gasteiger partial charge in [-0.05, 0) is 47.3 Å². The third-order valence-corrected chi connectivity index (χ3v) is 3.54. The van der Waals surface area contributed by atoms with Crippen molar-refractivity contribution in [3.63, 3.8) is 0 Å². The maximum atomic E-state index is 4.42. The summed E-state index contributed by atoms with van der Waals surface area (Å²) in [6.07, 6.45) is 1.19. The summed E-state index contributed by atoms with van der Waals surface area (Å²) in [6, 6.07) is 0.640. The number of hydrogen-bond donors (Lipinski definition) is 1. The van der Waals surface area contributed by atoms with Crippen molar-refractivity contribution in [1.82, 2.24) is 15.2 Å². The predicted molar refractivity (Wildman–Crippen MR) is 70.9 cm³/mol. The Kier molecular flexibility index (Phi) is 5.95. The number of rotatable bonds is 7. The summed E-state index contributed by atoms with van der Waals surface area (Å²) in [5.41, 5.74) is 1.17. The Balaban J connectivity index is 2.04. The molecular formula is C12H23N3S. The SMILES string of the molecule is Cc1nc(CNCCCN(C)C(C)C)cs1. The van der Waals surface area contributed by atoms with E-state index >= 15 is 0 Å². The molecule has 0 unspecified atom stereocenters. The molecule has 0 aliphatic heterocycles. The van der Waals surface area contributed by atoms with E-state index in [1.807, 2.05) is 6.92 Å². The Morgan fingerprint density at radius 2 is 2.25 bits per heavy atom. The highest BCUT2D eigenvalue weighted by atomic mass is 32.1. The highest BCUT2D eigenvalue weighted by molar-refractivity contribution is 7.09. The van der Waals surface area contributed by atoms with Gasteiger partial charge in [-0.1, -0.05) is 0 Å². The number of nitrogens with one attached hydrogen (secondary N) is 1. The van der Waals surface area contributed by atoms with Crippen molar-refractivity contribution in [1.29, 1.82) is 0 Å². The fourth-order valence-electron chi connectivity index (χ4n) is 1.42. The van der Waals surface area contributed by atoms with Crippen molar-refractivity contribution in [2.24, 2.45) is 0 Å². The van der Waals surface area contributed by atoms with Crippen molar-refractivity contribution in [2.75, 3.05) is 20.1 Å². The molecule has 0 fully saturated rings. The van der Waals surface area contributed by atoms with Crippen LogP contribution in [-0.2, 0) is 6.54 Å². The van der Waals surface area contributed by atoms with Crippen LogP contribution in [0.15, 0.2) is 5.38 Å². The average molecular weight is 241 g/mol. The summed E-state index contributed by atoms with van der Waals surface area (Å²) in [7, 11) is 2.18. The quantitative estimate of drug-likeness (QED) is 0.742. The second-order valence-electron chi connectivity index (χ2n) is 4.46. The minimum Gasteiger partial charge on any atom is -0.311 e. The van der Waals surface area contributed by atoms with Crippen molar-refractivity contribution < 1.29 is 0 Å². The molecule has 0 saturated heterocycles. The molecule has 1 aromatic heterocycles. The van der Waals surface area contributed by atoms with Crippen molar-refractivity contribution >= 4 is 11.3 Å². The Bertz CT molecular complexity index is 296. The predicted octanol–water partition coefficient (Wildman–Crippen LogP) is 2.27. The van der Waals surface area contributed by atoms with Crippen LogP contribution in [0.1, 0.15) is 31.0 Å². The molecule has 1 heterocycles. The lowest BCUT2D eigenvalue weighted by molar-refractivity contribution is 0.269. The molecule has 0 saturated carbocycles. The Morgan fingerprint density at radius 3 is 2.81 bits per heavy atom. The van der Waals surface area contributed by atoms with E-state index in [1.165, 1.54) is 12.1 Å². The Hall–Kier alpha value is -0.450. The average Bonchev–Trinajstić information content (AvgIpc) is 2.63. The second-order valence-corrected chi connectivity index (χ2v) is 5.52. The zero-order valence-corrected chi connectivity index (χ0v) is 11.6. The summed E-state index contributed by atoms with van der Waals surface area (Å²) in [5, 5.41) is 6.70. The zero-order chi connectivity index (χ0) is 12.0. The van der Waals surface area contributed by atoms with E-state index in [1.54, 1.807) is 11.3 Å². The molecule has 0 aromatic carbocycles. The molecule has 16 heavy (non-hydrogen) atoms. The monoisotopic (exact) mass is 241 g/mol. The minimum absolute atomic E-state index is 0.640. The molecule has 0 spiro atoms. The molecule has 0 amide bonds. The van der Waals surface area contributed by atoms with Crippen LogP contribution in [0.2, 0.25) is 0 Å². The molecule has 92 valence electrons. The van der Waals surface area contributed by atoms with Gasteiger partial charge in [-0.25, -0.2) is 4.98 Å². The number of thiazole rings is 1. The van der Waals surface area contributed by atoms with E-state index < -0.39 is 0 Å². The zero-order valence-electron chi connectivity index (χ0n) is 10.8. The van der Waals surface area contributed by atoms with Crippen molar-refractivity contribution in [2.45, 2.75) is 39.8 Å². The molecule has 0 aliphatic rings. The third kappa shape index (κ3) is 5.05. The first kappa shape index (κ1) is 13.6. The fourth-order valence-corrected chi connectivity index (χ4v) is 2.03. The van der Waals surface area contributed by atoms with Gasteiger partial charge in [-0.15, -0.1) is 11.3 Å². The van der Waals surface area contributed by atoms with Crippen LogP contribution in [0.5, 0.6) is 0 Å². The number of aromatic nitrogens is 1. The Labute approximate surface area is 103 Å². The van der Waals surface area contributed by atoms with Gasteiger partial charge in [0, 0.05) is 18.0 Å². The molecular weight excluding hydrogens is 218 g/mol. The van der Waals surface area contributed by atoms with E-state index in [4.69, 9.17) is 0 Å². The maximum absolute atomic E-state index is 4.42. The standard InChI is InChI=1S/C12H23N3S/c1-10(2)15(4)7-5-6-13-8-12-9-16-11(3)14-12/h9-10,13H,5-8H2,1-4H3. The summed E-state index contributed by atoms with van der Waals surface area (Å²) in [5.74, 6) is 0. The Morgan fingerprint density at radius 1 is 1.50 bits per heavy atom. The number of nitrogens with zero attached hydrogens (tertiary/aromatic N) is 2. The van der Waals surface area contributed by atoms with E-state index in [9.17, 15) is 0 Å². The number of aryl methyl sites for hydroxylation is 1. The van der Waals surface area contributed by atoms with Gasteiger partial charge in [0.05, 0.1) is 10.7 Å². The van der Waals surface area contributed by atoms with Gasteiger partial charge >= 0.3 is 0 Å². The molecule has 1 N–H and O–H groups in total. The first-order chi connectivity index (χ1) is 7.59. The topological polar surface area (TPSA) is 28.2 Å². The normalized spacial score (nSPS) is 11.6. The minimum atomic E-state index is 0.640. The first-order valence-corrected chi connectivity index (χ1v) is 6.79. The van der Waals surface area contributed by atoms with Gasteiger partial charge < -0.3 is 10.2 Å². The van der Waals surface area contributed by atoms with Gasteiger partial charge in [-0.2, -0.15) is 0 Å². The third-order valence-electron chi connectivity index (χ3n) is 2.72. The van der Waals surface area contributed by atoms with E-state index in [2.05, 4.69) is 41.5 Å². The lowest BCUT2D eigenvalue weighted by atomic mass is 10.3. The fraction of sp³-hybridized carbons (Fsp3) is 0.750. The summed E-state index contributed by atoms with van der Waals surface area (Å²) in [6.45, 7) is 9.62. The van der Waals surface area contributed by atoms with Crippen LogP contribution in [0.4, 0.5) is 0 Å². The van der Waals surface area contributed by atoms with Gasteiger partial charge in [0.2, 0.25) is 0 Å². The highest BCUT2D eigenvalue weighted by Crippen LogP contribution is 2.07. The van der Waals surface area contributed by atoms with Crippen LogP contribution in [-0.4, -0.2) is 36.1 Å². The molecule has 1 rings (SSSR count). The van der Waals surface area contributed by atoms with Gasteiger partial charge in [0.1, 0.15) is 0 Å². The van der Waals surface area contributed by atoms with E-state index in [0.717, 1.165) is 24.6 Å². The van der Waals surface area contributed by atoms with Crippen molar-refractivity contribution in [3.05, 3.63) is 16.1 Å². The summed E-state index contributed by atoms with van der Waals surface area (Å²) >= 11 is 1.72. The van der Waals surface area contributed by atoms with E-state index in [0.29, 0.717) is 6.04 Å². The van der Waals surface area contributed by atoms with Crippen LogP contribution in [0.25, 0.3) is 0 Å². The summed E-state index contributed by atoms with van der Waals surface area (Å²) in [4.78, 5) is 6.79. The largest absolute Gasteiger partial charge is 0.311 e. The van der Waals surface area contributed by atoms with Crippen LogP contribution in [0, 0.1) is 6.92 Å². The van der Waals surface area contributed by atoms with Crippen LogP contribution >= 0.6 is 11.3 Å². The van der Waals surface area contributed by atoms with Gasteiger partial charge in [0.15, 0.2) is 0 Å². The van der Waals surface area contributed by atoms with E-state index in [-0.39, 0.29) is 0 Å². The highest BCUT2D eigenvalue weighted by Gasteiger charge is 2.02. The molecule has 1 aromatic rings. The smallest absolute Gasteiger partial charge is 0.0897 e. The summed E-state index contributed by atoms with van der Waals surface area (Å²) < 4.78 is 0. The lowest BCUT2D eigenvalue weighted by Gasteiger charge is -2.20. The molecule has 0 radical (unpaired) electrons. The van der Waals surface area contributed by atoms with Gasteiger partial charge in [-0.3, -0.25) is 0 Å². The lowest BCUT2D eigenvalue weighted by Crippen LogP contribution is -2.29. The molecule has 0 aliphatic carbocycles. The van der Waals surface area contributed by atoms with Crippen molar-refractivity contribution in [3.8, 4) is 0 Å². The molecule has 4 heteroatoms. The maximum Gasteiger partial charge on any atom is 0.0897 e. The number of hydrogen-bond acceptors (Lipinski definition) is 4. The first-order valence-electron chi connectivity index (χ1n) is 5.91. The van der Waals surface area contributed by atoms with Crippen LogP contribution in [0.3, 0.4) is 0 Å². The molecule has 0 bridgehead atoms. The van der Waals surface area contributed by atoms with Gasteiger partial charge in [0.25, 0.3) is 0 Å². The van der Waals surface area contributed by atoms with Crippen LogP contribution < -0.4 is 5.32 Å².